The maximum Gasteiger partial charge on any atom is 0.328 e. The second-order valence-corrected chi connectivity index (χ2v) is 6.50. The summed E-state index contributed by atoms with van der Waals surface area (Å²) < 4.78 is 5.26. The van der Waals surface area contributed by atoms with Gasteiger partial charge in [-0.2, -0.15) is 0 Å². The van der Waals surface area contributed by atoms with Crippen LogP contribution in [0.3, 0.4) is 0 Å². The van der Waals surface area contributed by atoms with Crippen LogP contribution in [0.15, 0.2) is 12.1 Å². The Bertz CT molecular complexity index is 533. The molecule has 1 aromatic rings. The summed E-state index contributed by atoms with van der Waals surface area (Å²) in [4.78, 5) is 24.3. The van der Waals surface area contributed by atoms with E-state index in [-0.39, 0.29) is 5.91 Å². The van der Waals surface area contributed by atoms with Gasteiger partial charge in [0.2, 0.25) is 0 Å². The van der Waals surface area contributed by atoms with Gasteiger partial charge >= 0.3 is 5.97 Å². The first kappa shape index (κ1) is 17.2. The van der Waals surface area contributed by atoms with Gasteiger partial charge in [0.05, 0.1) is 0 Å². The average Bonchev–Trinajstić information content (AvgIpc) is 2.24. The predicted molar refractivity (Wildman–Crippen MR) is 83.4 cm³/mol. The normalized spacial score (nSPS) is 12.7. The molecule has 0 aliphatic carbocycles. The van der Waals surface area contributed by atoms with E-state index in [1.165, 1.54) is 0 Å². The molecule has 21 heavy (non-hydrogen) atoms. The summed E-state index contributed by atoms with van der Waals surface area (Å²) in [7, 11) is 0. The maximum atomic E-state index is 12.4. The molecule has 0 saturated carbocycles. The first-order valence-electron chi connectivity index (χ1n) is 7.13. The number of nitrogens with one attached hydrogen (secondary N) is 1. The van der Waals surface area contributed by atoms with Crippen molar-refractivity contribution in [3.63, 3.8) is 0 Å². The Labute approximate surface area is 126 Å². The van der Waals surface area contributed by atoms with Crippen molar-refractivity contribution in [3.05, 3.63) is 34.4 Å². The summed E-state index contributed by atoms with van der Waals surface area (Å²) in [6.07, 6.45) is 0. The summed E-state index contributed by atoms with van der Waals surface area (Å²) in [5.74, 6) is -0.679. The van der Waals surface area contributed by atoms with Crippen LogP contribution in [-0.4, -0.2) is 23.5 Å². The highest BCUT2D eigenvalue weighted by Crippen LogP contribution is 2.16. The molecule has 0 unspecified atom stereocenters. The third-order valence-electron chi connectivity index (χ3n) is 3.01. The minimum atomic E-state index is -0.683. The lowest BCUT2D eigenvalue weighted by Crippen LogP contribution is -2.42. The molecule has 4 heteroatoms. The molecule has 116 valence electrons. The second kappa shape index (κ2) is 6.29. The summed E-state index contributed by atoms with van der Waals surface area (Å²) in [5.41, 5.74) is 2.98. The molecule has 0 heterocycles. The molecule has 0 spiro atoms. The van der Waals surface area contributed by atoms with Crippen LogP contribution >= 0.6 is 0 Å². The number of esters is 1. The number of carbonyl (C=O) groups excluding carboxylic acids is 2. The number of hydrogen-bond acceptors (Lipinski definition) is 3. The predicted octanol–water partition coefficient (Wildman–Crippen LogP) is 3.07. The molecule has 0 fully saturated rings. The van der Waals surface area contributed by atoms with Gasteiger partial charge in [-0.1, -0.05) is 17.7 Å². The van der Waals surface area contributed by atoms with E-state index < -0.39 is 17.6 Å². The number of rotatable bonds is 3. The van der Waals surface area contributed by atoms with E-state index in [9.17, 15) is 9.59 Å². The number of benzene rings is 1. The van der Waals surface area contributed by atoms with E-state index in [2.05, 4.69) is 5.32 Å². The SMILES string of the molecule is Cc1cc(C)c(C(=O)N[C@H](C)C(=O)OC(C)(C)C)c(C)c1. The van der Waals surface area contributed by atoms with Crippen molar-refractivity contribution in [2.75, 3.05) is 0 Å². The zero-order valence-corrected chi connectivity index (χ0v) is 14.0. The Balaban J connectivity index is 2.85. The van der Waals surface area contributed by atoms with Crippen LogP contribution in [0, 0.1) is 20.8 Å². The van der Waals surface area contributed by atoms with Crippen LogP contribution in [0.5, 0.6) is 0 Å². The van der Waals surface area contributed by atoms with Crippen LogP contribution in [0.25, 0.3) is 0 Å². The van der Waals surface area contributed by atoms with E-state index in [1.807, 2.05) is 32.9 Å². The fourth-order valence-corrected chi connectivity index (χ4v) is 2.26. The van der Waals surface area contributed by atoms with E-state index in [1.54, 1.807) is 27.7 Å². The molecule has 0 saturated heterocycles. The van der Waals surface area contributed by atoms with E-state index in [0.29, 0.717) is 5.56 Å². The smallest absolute Gasteiger partial charge is 0.328 e. The van der Waals surface area contributed by atoms with Gasteiger partial charge in [-0.15, -0.1) is 0 Å². The molecule has 0 bridgehead atoms. The Kier molecular flexibility index (Phi) is 5.15. The first-order chi connectivity index (χ1) is 9.51. The minimum absolute atomic E-state index is 0.247. The topological polar surface area (TPSA) is 55.4 Å². The maximum absolute atomic E-state index is 12.4. The second-order valence-electron chi connectivity index (χ2n) is 6.50. The van der Waals surface area contributed by atoms with Crippen LogP contribution in [0.1, 0.15) is 54.7 Å². The molecular formula is C17H25NO3. The van der Waals surface area contributed by atoms with Crippen molar-refractivity contribution in [1.82, 2.24) is 5.32 Å². The standard InChI is InChI=1S/C17H25NO3/c1-10-8-11(2)14(12(3)9-10)15(19)18-13(4)16(20)21-17(5,6)7/h8-9,13H,1-7H3,(H,18,19)/t13-/m1/s1. The van der Waals surface area contributed by atoms with Crippen molar-refractivity contribution >= 4 is 11.9 Å². The number of amides is 1. The molecule has 0 aliphatic rings. The summed E-state index contributed by atoms with van der Waals surface area (Å²) in [5, 5.41) is 2.71. The highest BCUT2D eigenvalue weighted by Gasteiger charge is 2.24. The lowest BCUT2D eigenvalue weighted by Gasteiger charge is -2.23. The quantitative estimate of drug-likeness (QED) is 0.871. The summed E-state index contributed by atoms with van der Waals surface area (Å²) >= 11 is 0. The highest BCUT2D eigenvalue weighted by molar-refractivity contribution is 5.99. The van der Waals surface area contributed by atoms with Gasteiger partial charge in [0.15, 0.2) is 0 Å². The molecular weight excluding hydrogens is 266 g/mol. The number of ether oxygens (including phenoxy) is 1. The molecule has 4 nitrogen and oxygen atoms in total. The van der Waals surface area contributed by atoms with Gasteiger partial charge in [0.25, 0.3) is 5.91 Å². The minimum Gasteiger partial charge on any atom is -0.458 e. The molecule has 1 N–H and O–H groups in total. The molecule has 0 aromatic heterocycles. The lowest BCUT2D eigenvalue weighted by atomic mass is 9.99. The summed E-state index contributed by atoms with van der Waals surface area (Å²) in [6.45, 7) is 12.8. The molecule has 1 amide bonds. The van der Waals surface area contributed by atoms with Crippen LogP contribution in [0.4, 0.5) is 0 Å². The molecule has 0 radical (unpaired) electrons. The Hall–Kier alpha value is -1.84. The van der Waals surface area contributed by atoms with Gasteiger partial charge in [-0.25, -0.2) is 4.79 Å². The Morgan fingerprint density at radius 3 is 2.00 bits per heavy atom. The van der Waals surface area contributed by atoms with E-state index in [0.717, 1.165) is 16.7 Å². The third-order valence-corrected chi connectivity index (χ3v) is 3.01. The molecule has 1 atom stereocenters. The first-order valence-corrected chi connectivity index (χ1v) is 7.13. The fraction of sp³-hybridized carbons (Fsp3) is 0.529. The molecule has 1 rings (SSSR count). The van der Waals surface area contributed by atoms with Gasteiger partial charge in [-0.05, 0) is 59.6 Å². The summed E-state index contributed by atoms with van der Waals surface area (Å²) in [6, 6.07) is 3.23. The number of hydrogen-bond donors (Lipinski definition) is 1. The van der Waals surface area contributed by atoms with E-state index >= 15 is 0 Å². The van der Waals surface area contributed by atoms with Gasteiger partial charge in [0.1, 0.15) is 11.6 Å². The zero-order chi connectivity index (χ0) is 16.4. The lowest BCUT2D eigenvalue weighted by molar-refractivity contribution is -0.156. The average molecular weight is 291 g/mol. The van der Waals surface area contributed by atoms with Gasteiger partial charge < -0.3 is 10.1 Å². The Morgan fingerprint density at radius 1 is 1.10 bits per heavy atom. The van der Waals surface area contributed by atoms with Crippen LogP contribution in [0.2, 0.25) is 0 Å². The van der Waals surface area contributed by atoms with Gasteiger partial charge in [0, 0.05) is 5.56 Å². The third kappa shape index (κ3) is 4.88. The molecule has 0 aliphatic heterocycles. The van der Waals surface area contributed by atoms with Crippen molar-refractivity contribution < 1.29 is 14.3 Å². The van der Waals surface area contributed by atoms with Crippen LogP contribution in [-0.2, 0) is 9.53 Å². The molecule has 1 aromatic carbocycles. The van der Waals surface area contributed by atoms with Crippen LogP contribution < -0.4 is 5.32 Å². The number of carbonyl (C=O) groups is 2. The van der Waals surface area contributed by atoms with Crippen molar-refractivity contribution in [2.45, 2.75) is 60.1 Å². The van der Waals surface area contributed by atoms with Crippen molar-refractivity contribution in [1.29, 1.82) is 0 Å². The monoisotopic (exact) mass is 291 g/mol. The largest absolute Gasteiger partial charge is 0.458 e. The van der Waals surface area contributed by atoms with Gasteiger partial charge in [-0.3, -0.25) is 4.79 Å². The number of aryl methyl sites for hydroxylation is 3. The highest BCUT2D eigenvalue weighted by atomic mass is 16.6. The fourth-order valence-electron chi connectivity index (χ4n) is 2.26. The zero-order valence-electron chi connectivity index (χ0n) is 14.0. The van der Waals surface area contributed by atoms with E-state index in [4.69, 9.17) is 4.74 Å². The Morgan fingerprint density at radius 2 is 1.57 bits per heavy atom. The van der Waals surface area contributed by atoms with Crippen molar-refractivity contribution in [2.24, 2.45) is 0 Å². The van der Waals surface area contributed by atoms with Crippen molar-refractivity contribution in [3.8, 4) is 0 Å².